The Hall–Kier alpha value is -1.68. The summed E-state index contributed by atoms with van der Waals surface area (Å²) in [5, 5.41) is 0. The van der Waals surface area contributed by atoms with Crippen LogP contribution >= 0.6 is 0 Å². The van der Waals surface area contributed by atoms with Gasteiger partial charge in [-0.05, 0) is 79.5 Å². The Bertz CT molecular complexity index is 692. The summed E-state index contributed by atoms with van der Waals surface area (Å²) in [7, 11) is 1.76. The van der Waals surface area contributed by atoms with Gasteiger partial charge in [0.2, 0.25) is 0 Å². The van der Waals surface area contributed by atoms with E-state index >= 15 is 0 Å². The lowest BCUT2D eigenvalue weighted by Gasteiger charge is -2.51. The molecule has 1 aromatic carbocycles. The van der Waals surface area contributed by atoms with E-state index in [1.54, 1.807) is 12.7 Å². The van der Waals surface area contributed by atoms with Crippen molar-refractivity contribution in [3.8, 4) is 18.1 Å². The Kier molecular flexibility index (Phi) is 3.52. The van der Waals surface area contributed by atoms with E-state index in [-0.39, 0.29) is 0 Å². The molecule has 1 heteroatoms. The van der Waals surface area contributed by atoms with E-state index < -0.39 is 0 Å². The third-order valence-corrected chi connectivity index (χ3v) is 7.04. The van der Waals surface area contributed by atoms with Crippen molar-refractivity contribution in [2.24, 2.45) is 17.3 Å². The zero-order valence-corrected chi connectivity index (χ0v) is 14.3. The molecule has 0 aliphatic heterocycles. The molecule has 4 unspecified atom stereocenters. The van der Waals surface area contributed by atoms with Gasteiger partial charge in [0.25, 0.3) is 0 Å². The van der Waals surface area contributed by atoms with E-state index in [1.807, 2.05) is 0 Å². The normalized spacial score (nSPS) is 34.7. The van der Waals surface area contributed by atoms with Crippen molar-refractivity contribution >= 4 is 0 Å². The lowest BCUT2D eigenvalue weighted by atomic mass is 9.53. The van der Waals surface area contributed by atoms with Crippen LogP contribution in [-0.4, -0.2) is 7.11 Å². The number of benzene rings is 1. The maximum Gasteiger partial charge on any atom is 0.119 e. The van der Waals surface area contributed by atoms with Crippen LogP contribution in [0.5, 0.6) is 5.75 Å². The Morgan fingerprint density at radius 1 is 1.35 bits per heavy atom. The topological polar surface area (TPSA) is 9.23 Å². The van der Waals surface area contributed by atoms with Crippen LogP contribution in [0.3, 0.4) is 0 Å². The van der Waals surface area contributed by atoms with Gasteiger partial charge in [0.15, 0.2) is 0 Å². The summed E-state index contributed by atoms with van der Waals surface area (Å²) >= 11 is 0. The van der Waals surface area contributed by atoms with Crippen molar-refractivity contribution in [3.63, 3.8) is 0 Å². The van der Waals surface area contributed by atoms with Gasteiger partial charge in [-0.3, -0.25) is 0 Å². The largest absolute Gasteiger partial charge is 0.497 e. The van der Waals surface area contributed by atoms with Gasteiger partial charge < -0.3 is 4.74 Å². The number of aryl methyl sites for hydroxylation is 1. The first-order chi connectivity index (χ1) is 11.2. The third-order valence-electron chi connectivity index (χ3n) is 7.04. The molecule has 3 aliphatic rings. The van der Waals surface area contributed by atoms with Gasteiger partial charge in [0.1, 0.15) is 5.75 Å². The molecule has 23 heavy (non-hydrogen) atoms. The van der Waals surface area contributed by atoms with Crippen molar-refractivity contribution < 1.29 is 4.74 Å². The second kappa shape index (κ2) is 5.45. The minimum atomic E-state index is 0.305. The zero-order chi connectivity index (χ0) is 16.0. The highest BCUT2D eigenvalue weighted by Crippen LogP contribution is 2.62. The zero-order valence-electron chi connectivity index (χ0n) is 14.3. The fraction of sp³-hybridized carbons (Fsp3) is 0.545. The van der Waals surface area contributed by atoms with Crippen LogP contribution < -0.4 is 4.74 Å². The minimum Gasteiger partial charge on any atom is -0.497 e. The summed E-state index contributed by atoms with van der Waals surface area (Å²) in [5.74, 6) is 6.30. The lowest BCUT2D eigenvalue weighted by molar-refractivity contribution is 0.0606. The van der Waals surface area contributed by atoms with Crippen molar-refractivity contribution in [1.29, 1.82) is 0 Å². The van der Waals surface area contributed by atoms with Crippen LogP contribution in [0.15, 0.2) is 29.8 Å². The molecule has 120 valence electrons. The SMILES string of the molecule is C#CC1=CCC2C3CCc4cc(OC)ccc4C3CCC12CC. The number of ether oxygens (including phenoxy) is 1. The first-order valence-corrected chi connectivity index (χ1v) is 9.07. The summed E-state index contributed by atoms with van der Waals surface area (Å²) in [6.45, 7) is 2.34. The smallest absolute Gasteiger partial charge is 0.119 e. The van der Waals surface area contributed by atoms with Crippen molar-refractivity contribution in [2.45, 2.75) is 51.4 Å². The van der Waals surface area contributed by atoms with Gasteiger partial charge in [-0.2, -0.15) is 0 Å². The first-order valence-electron chi connectivity index (χ1n) is 9.07. The van der Waals surface area contributed by atoms with E-state index in [0.717, 1.165) is 23.5 Å². The molecule has 0 saturated heterocycles. The van der Waals surface area contributed by atoms with Crippen molar-refractivity contribution in [3.05, 3.63) is 41.0 Å². The molecule has 3 aliphatic carbocycles. The van der Waals surface area contributed by atoms with Gasteiger partial charge in [-0.25, -0.2) is 0 Å². The number of rotatable bonds is 2. The van der Waals surface area contributed by atoms with Gasteiger partial charge >= 0.3 is 0 Å². The molecule has 0 N–H and O–H groups in total. The molecule has 0 aromatic heterocycles. The highest BCUT2D eigenvalue weighted by molar-refractivity contribution is 5.44. The number of hydrogen-bond donors (Lipinski definition) is 0. The average Bonchev–Trinajstić information content (AvgIpc) is 2.99. The highest BCUT2D eigenvalue weighted by Gasteiger charge is 2.52. The predicted octanol–water partition coefficient (Wildman–Crippen LogP) is 5.11. The molecule has 0 bridgehead atoms. The quantitative estimate of drug-likeness (QED) is 0.690. The molecule has 0 radical (unpaired) electrons. The first kappa shape index (κ1) is 14.9. The van der Waals surface area contributed by atoms with Gasteiger partial charge in [-0.1, -0.05) is 25.0 Å². The standard InChI is InChI=1S/C22H26O/c1-4-16-7-11-21-20-9-6-15-14-17(23-3)8-10-18(15)19(20)12-13-22(16,21)5-2/h1,7-8,10,14,19-21H,5-6,9,11-13H2,2-3H3. The van der Waals surface area contributed by atoms with E-state index in [4.69, 9.17) is 11.2 Å². The Morgan fingerprint density at radius 3 is 2.96 bits per heavy atom. The van der Waals surface area contributed by atoms with Crippen LogP contribution in [0.1, 0.15) is 56.1 Å². The van der Waals surface area contributed by atoms with Crippen LogP contribution in [0.4, 0.5) is 0 Å². The van der Waals surface area contributed by atoms with Gasteiger partial charge in [0.05, 0.1) is 7.11 Å². The number of allylic oxidation sites excluding steroid dienone is 2. The number of hydrogen-bond acceptors (Lipinski definition) is 1. The van der Waals surface area contributed by atoms with Gasteiger partial charge in [-0.15, -0.1) is 6.42 Å². The van der Waals surface area contributed by atoms with Crippen LogP contribution in [0.2, 0.25) is 0 Å². The fourth-order valence-electron chi connectivity index (χ4n) is 5.92. The van der Waals surface area contributed by atoms with Crippen LogP contribution in [0.25, 0.3) is 0 Å². The molecule has 0 spiro atoms. The fourth-order valence-corrected chi connectivity index (χ4v) is 5.92. The van der Waals surface area contributed by atoms with Crippen LogP contribution in [-0.2, 0) is 6.42 Å². The molecule has 1 saturated carbocycles. The van der Waals surface area contributed by atoms with E-state index in [9.17, 15) is 0 Å². The summed E-state index contributed by atoms with van der Waals surface area (Å²) in [5.41, 5.74) is 4.71. The highest BCUT2D eigenvalue weighted by atomic mass is 16.5. The third kappa shape index (κ3) is 2.01. The van der Waals surface area contributed by atoms with E-state index in [2.05, 4.69) is 37.1 Å². The Labute approximate surface area is 140 Å². The molecule has 1 fully saturated rings. The molecule has 4 rings (SSSR count). The average molecular weight is 306 g/mol. The Morgan fingerprint density at radius 2 is 2.22 bits per heavy atom. The molecular formula is C22H26O. The monoisotopic (exact) mass is 306 g/mol. The van der Waals surface area contributed by atoms with E-state index in [1.165, 1.54) is 49.7 Å². The van der Waals surface area contributed by atoms with Crippen molar-refractivity contribution in [2.75, 3.05) is 7.11 Å². The number of terminal acetylenes is 1. The number of methoxy groups -OCH3 is 1. The second-order valence-electron chi connectivity index (χ2n) is 7.53. The molecule has 1 nitrogen and oxygen atoms in total. The molecule has 0 heterocycles. The van der Waals surface area contributed by atoms with E-state index in [0.29, 0.717) is 5.41 Å². The maximum atomic E-state index is 5.85. The lowest BCUT2D eigenvalue weighted by Crippen LogP contribution is -2.42. The molecule has 1 aromatic rings. The molecule has 0 amide bonds. The summed E-state index contributed by atoms with van der Waals surface area (Å²) in [6, 6.07) is 6.73. The predicted molar refractivity (Wildman–Crippen MR) is 94.5 cm³/mol. The Balaban J connectivity index is 1.70. The maximum absolute atomic E-state index is 5.85. The summed E-state index contributed by atoms with van der Waals surface area (Å²) < 4.78 is 5.42. The van der Waals surface area contributed by atoms with Crippen molar-refractivity contribution in [1.82, 2.24) is 0 Å². The molecular weight excluding hydrogens is 280 g/mol. The second-order valence-corrected chi connectivity index (χ2v) is 7.53. The number of fused-ring (bicyclic) bond motifs is 5. The minimum absolute atomic E-state index is 0.305. The van der Waals surface area contributed by atoms with Gasteiger partial charge in [0, 0.05) is 11.0 Å². The van der Waals surface area contributed by atoms with Crippen LogP contribution in [0, 0.1) is 29.6 Å². The molecule has 4 atom stereocenters. The summed E-state index contributed by atoms with van der Waals surface area (Å²) in [4.78, 5) is 0. The summed E-state index contributed by atoms with van der Waals surface area (Å²) in [6.07, 6.45) is 15.7.